The molecule has 0 aromatic heterocycles. The van der Waals surface area contributed by atoms with Gasteiger partial charge in [-0.3, -0.25) is 5.43 Å². The molecule has 0 bridgehead atoms. The summed E-state index contributed by atoms with van der Waals surface area (Å²) in [7, 11) is 0. The molecule has 0 fully saturated rings. The number of hydrogen-bond donors (Lipinski definition) is 3. The van der Waals surface area contributed by atoms with Crippen molar-refractivity contribution in [3.63, 3.8) is 0 Å². The fourth-order valence-corrected chi connectivity index (χ4v) is 1.22. The van der Waals surface area contributed by atoms with E-state index in [2.05, 4.69) is 10.5 Å². The Hall–Kier alpha value is -2.05. The lowest BCUT2D eigenvalue weighted by atomic mass is 10.2. The monoisotopic (exact) mass is 302 g/mol. The number of anilines is 1. The van der Waals surface area contributed by atoms with Crippen molar-refractivity contribution in [1.29, 1.82) is 0 Å². The van der Waals surface area contributed by atoms with E-state index in [1.165, 1.54) is 18.2 Å². The largest absolute Gasteiger partial charge is 0.478 e. The Morgan fingerprint density at radius 2 is 1.95 bits per heavy atom. The van der Waals surface area contributed by atoms with Gasteiger partial charge in [-0.25, -0.2) is 9.59 Å². The third kappa shape index (κ3) is 4.61. The predicted molar refractivity (Wildman–Crippen MR) is 71.9 cm³/mol. The second kappa shape index (κ2) is 6.77. The molecule has 0 aliphatic carbocycles. The van der Waals surface area contributed by atoms with Crippen molar-refractivity contribution in [2.45, 2.75) is 0 Å². The summed E-state index contributed by atoms with van der Waals surface area (Å²) in [6.07, 6.45) is 1.01. The molecule has 1 aromatic carbocycles. The Balaban J connectivity index is 2.77. The maximum Gasteiger partial charge on any atom is 0.348 e. The molecule has 0 amide bonds. The number of nitrogens with zero attached hydrogens (tertiary/aromatic N) is 1. The normalized spacial score (nSPS) is 12.1. The second-order valence-corrected chi connectivity index (χ2v) is 4.01. The molecule has 0 heterocycles. The number of rotatable bonds is 5. The molecule has 0 spiro atoms. The number of aromatic carboxylic acids is 1. The standard InChI is InChI=1S/C11H8Cl2N2O4/c12-8(9(13)11(18)19)5-14-15-7-3-1-2-6(4-7)10(16)17/h1-5,15H,(H,16,17)(H,18,19)/b9-8+,14-5+. The number of carboxylic acids is 2. The maximum absolute atomic E-state index is 10.7. The van der Waals surface area contributed by atoms with Gasteiger partial charge >= 0.3 is 11.9 Å². The Labute approximate surface area is 117 Å². The van der Waals surface area contributed by atoms with Gasteiger partial charge in [0.2, 0.25) is 0 Å². The van der Waals surface area contributed by atoms with E-state index in [4.69, 9.17) is 33.4 Å². The second-order valence-electron chi connectivity index (χ2n) is 3.22. The Morgan fingerprint density at radius 3 is 2.53 bits per heavy atom. The van der Waals surface area contributed by atoms with E-state index in [1.54, 1.807) is 6.07 Å². The first-order chi connectivity index (χ1) is 8.91. The van der Waals surface area contributed by atoms with Crippen molar-refractivity contribution in [2.24, 2.45) is 5.10 Å². The number of carbonyl (C=O) groups is 2. The number of nitrogens with one attached hydrogen (secondary N) is 1. The molecule has 8 heteroatoms. The molecule has 0 radical (unpaired) electrons. The summed E-state index contributed by atoms with van der Waals surface area (Å²) < 4.78 is 0. The summed E-state index contributed by atoms with van der Waals surface area (Å²) in [4.78, 5) is 21.2. The highest BCUT2D eigenvalue weighted by Gasteiger charge is 2.07. The zero-order chi connectivity index (χ0) is 14.4. The van der Waals surface area contributed by atoms with Crippen LogP contribution >= 0.6 is 23.2 Å². The smallest absolute Gasteiger partial charge is 0.348 e. The molecule has 0 aliphatic heterocycles. The van der Waals surface area contributed by atoms with Gasteiger partial charge in [0.05, 0.1) is 22.5 Å². The van der Waals surface area contributed by atoms with Gasteiger partial charge in [0.1, 0.15) is 5.03 Å². The number of carboxylic acid groups (broad SMARTS) is 2. The summed E-state index contributed by atoms with van der Waals surface area (Å²) in [5.74, 6) is -2.44. The molecule has 3 N–H and O–H groups in total. The third-order valence-corrected chi connectivity index (χ3v) is 2.63. The van der Waals surface area contributed by atoms with E-state index in [-0.39, 0.29) is 10.6 Å². The lowest BCUT2D eigenvalue weighted by Crippen LogP contribution is -1.99. The van der Waals surface area contributed by atoms with Gasteiger partial charge < -0.3 is 10.2 Å². The molecule has 100 valence electrons. The summed E-state index contributed by atoms with van der Waals surface area (Å²) in [6.45, 7) is 0. The lowest BCUT2D eigenvalue weighted by Gasteiger charge is -2.01. The first-order valence-electron chi connectivity index (χ1n) is 4.83. The van der Waals surface area contributed by atoms with Crippen molar-refractivity contribution in [3.8, 4) is 0 Å². The average Bonchev–Trinajstić information content (AvgIpc) is 2.37. The van der Waals surface area contributed by atoms with Crippen molar-refractivity contribution in [1.82, 2.24) is 0 Å². The van der Waals surface area contributed by atoms with Gasteiger partial charge in [-0.15, -0.1) is 0 Å². The molecule has 19 heavy (non-hydrogen) atoms. The van der Waals surface area contributed by atoms with Crippen LogP contribution in [0.2, 0.25) is 0 Å². The summed E-state index contributed by atoms with van der Waals surface area (Å²) in [5, 5.41) is 20.1. The molecule has 0 saturated carbocycles. The first-order valence-corrected chi connectivity index (χ1v) is 5.58. The van der Waals surface area contributed by atoms with Crippen molar-refractivity contribution in [2.75, 3.05) is 5.43 Å². The Bertz CT molecular complexity index is 570. The van der Waals surface area contributed by atoms with Crippen LogP contribution in [-0.2, 0) is 4.79 Å². The van der Waals surface area contributed by atoms with Crippen LogP contribution in [0.25, 0.3) is 0 Å². The van der Waals surface area contributed by atoms with Gasteiger partial charge in [-0.05, 0) is 18.2 Å². The third-order valence-electron chi connectivity index (χ3n) is 1.88. The van der Waals surface area contributed by atoms with E-state index in [0.29, 0.717) is 5.69 Å². The molecular formula is C11H8Cl2N2O4. The zero-order valence-electron chi connectivity index (χ0n) is 9.30. The summed E-state index contributed by atoms with van der Waals surface area (Å²) in [6, 6.07) is 5.89. The van der Waals surface area contributed by atoms with Crippen LogP contribution in [0.1, 0.15) is 10.4 Å². The molecule has 0 saturated heterocycles. The van der Waals surface area contributed by atoms with Crippen LogP contribution in [0.4, 0.5) is 5.69 Å². The van der Waals surface area contributed by atoms with Crippen molar-refractivity contribution in [3.05, 3.63) is 39.9 Å². The highest BCUT2D eigenvalue weighted by atomic mass is 35.5. The summed E-state index contributed by atoms with van der Waals surface area (Å²) in [5.41, 5.74) is 3.00. The topological polar surface area (TPSA) is 99.0 Å². The van der Waals surface area contributed by atoms with Crippen molar-refractivity contribution >= 4 is 47.0 Å². The van der Waals surface area contributed by atoms with Crippen LogP contribution in [0.15, 0.2) is 39.4 Å². The number of hydrogen-bond acceptors (Lipinski definition) is 4. The highest BCUT2D eigenvalue weighted by molar-refractivity contribution is 6.51. The van der Waals surface area contributed by atoms with Crippen molar-refractivity contribution < 1.29 is 19.8 Å². The minimum absolute atomic E-state index is 0.0883. The van der Waals surface area contributed by atoms with Gasteiger partial charge in [0.25, 0.3) is 0 Å². The van der Waals surface area contributed by atoms with Crippen LogP contribution < -0.4 is 5.43 Å². The van der Waals surface area contributed by atoms with E-state index in [0.717, 1.165) is 6.21 Å². The van der Waals surface area contributed by atoms with Crippen LogP contribution in [-0.4, -0.2) is 28.4 Å². The maximum atomic E-state index is 10.7. The minimum Gasteiger partial charge on any atom is -0.478 e. The van der Waals surface area contributed by atoms with E-state index >= 15 is 0 Å². The van der Waals surface area contributed by atoms with E-state index < -0.39 is 17.0 Å². The molecule has 1 aromatic rings. The fraction of sp³-hybridized carbons (Fsp3) is 0. The zero-order valence-corrected chi connectivity index (χ0v) is 10.8. The average molecular weight is 303 g/mol. The minimum atomic E-state index is -1.37. The van der Waals surface area contributed by atoms with Crippen LogP contribution in [0.3, 0.4) is 0 Å². The lowest BCUT2D eigenvalue weighted by molar-refractivity contribution is -0.131. The number of halogens is 2. The van der Waals surface area contributed by atoms with Gasteiger partial charge in [0, 0.05) is 0 Å². The molecular weight excluding hydrogens is 295 g/mol. The van der Waals surface area contributed by atoms with E-state index in [9.17, 15) is 9.59 Å². The van der Waals surface area contributed by atoms with Crippen LogP contribution in [0.5, 0.6) is 0 Å². The van der Waals surface area contributed by atoms with Crippen LogP contribution in [0, 0.1) is 0 Å². The first kappa shape index (κ1) is 15.0. The van der Waals surface area contributed by atoms with Gasteiger partial charge in [-0.1, -0.05) is 29.3 Å². The highest BCUT2D eigenvalue weighted by Crippen LogP contribution is 2.13. The number of allylic oxidation sites excluding steroid dienone is 1. The fourth-order valence-electron chi connectivity index (χ4n) is 1.04. The number of hydrazone groups is 1. The molecule has 0 aliphatic rings. The Morgan fingerprint density at radius 1 is 1.26 bits per heavy atom. The molecule has 0 atom stereocenters. The molecule has 6 nitrogen and oxygen atoms in total. The molecule has 1 rings (SSSR count). The summed E-state index contributed by atoms with van der Waals surface area (Å²) >= 11 is 10.9. The SMILES string of the molecule is O=C(O)/C(Cl)=C(Cl)/C=N/Nc1cccc(C(=O)O)c1. The Kier molecular flexibility index (Phi) is 5.35. The molecule has 0 unspecified atom stereocenters. The number of benzene rings is 1. The number of aliphatic carboxylic acids is 1. The predicted octanol–water partition coefficient (Wildman–Crippen LogP) is 2.56. The quantitative estimate of drug-likeness (QED) is 0.441. The van der Waals surface area contributed by atoms with Gasteiger partial charge in [0.15, 0.2) is 0 Å². The van der Waals surface area contributed by atoms with E-state index in [1.807, 2.05) is 0 Å². The van der Waals surface area contributed by atoms with Gasteiger partial charge in [-0.2, -0.15) is 5.10 Å².